The molecule has 0 fully saturated rings. The molecule has 0 bridgehead atoms. The molecular weight excluding hydrogens is 380 g/mol. The lowest BCUT2D eigenvalue weighted by Crippen LogP contribution is -2.18. The molecule has 30 heavy (non-hydrogen) atoms. The molecule has 0 aliphatic carbocycles. The average Bonchev–Trinajstić information content (AvgIpc) is 3.29. The second-order valence-electron chi connectivity index (χ2n) is 6.51. The third-order valence-electron chi connectivity index (χ3n) is 4.67. The second kappa shape index (κ2) is 8.48. The Hall–Kier alpha value is -4.13. The van der Waals surface area contributed by atoms with Crippen molar-refractivity contribution in [1.29, 1.82) is 0 Å². The zero-order chi connectivity index (χ0) is 20.9. The summed E-state index contributed by atoms with van der Waals surface area (Å²) in [5.41, 5.74) is 5.09. The maximum absolute atomic E-state index is 12.4. The molecule has 0 aliphatic heterocycles. The summed E-state index contributed by atoms with van der Waals surface area (Å²) < 4.78 is 10.6. The number of para-hydroxylation sites is 1. The number of carbonyl (C=O) groups is 1. The third-order valence-corrected chi connectivity index (χ3v) is 4.67. The van der Waals surface area contributed by atoms with Crippen molar-refractivity contribution in [2.75, 3.05) is 14.2 Å². The van der Waals surface area contributed by atoms with Gasteiger partial charge in [0.15, 0.2) is 11.5 Å². The van der Waals surface area contributed by atoms with Crippen LogP contribution in [0.2, 0.25) is 0 Å². The molecule has 1 amide bonds. The van der Waals surface area contributed by atoms with E-state index in [1.54, 1.807) is 26.4 Å². The van der Waals surface area contributed by atoms with Crippen LogP contribution in [0.25, 0.3) is 22.0 Å². The number of hydrogen-bond donors (Lipinski definition) is 2. The Labute approximate surface area is 173 Å². The molecule has 0 radical (unpaired) electrons. The molecule has 0 unspecified atom stereocenters. The van der Waals surface area contributed by atoms with E-state index in [0.717, 1.165) is 16.3 Å². The van der Waals surface area contributed by atoms with E-state index in [-0.39, 0.29) is 0 Å². The van der Waals surface area contributed by atoms with Crippen molar-refractivity contribution in [3.63, 3.8) is 0 Å². The molecule has 1 aromatic heterocycles. The summed E-state index contributed by atoms with van der Waals surface area (Å²) in [6.45, 7) is 0. The minimum absolute atomic E-state index is 0.313. The molecule has 1 heterocycles. The number of ether oxygens (including phenoxy) is 2. The number of aromatic amines is 1. The first kappa shape index (κ1) is 19.2. The van der Waals surface area contributed by atoms with Gasteiger partial charge in [-0.2, -0.15) is 10.2 Å². The lowest BCUT2D eigenvalue weighted by Gasteiger charge is -2.09. The van der Waals surface area contributed by atoms with Gasteiger partial charge in [0.25, 0.3) is 5.91 Å². The molecular formula is C23H20N4O3. The Morgan fingerprint density at radius 1 is 1.00 bits per heavy atom. The molecule has 2 N–H and O–H groups in total. The first-order valence-corrected chi connectivity index (χ1v) is 9.28. The number of carbonyl (C=O) groups excluding carboxylic acids is 1. The highest BCUT2D eigenvalue weighted by molar-refractivity contribution is 5.95. The number of methoxy groups -OCH3 is 2. The van der Waals surface area contributed by atoms with Gasteiger partial charge in [0.05, 0.1) is 26.1 Å². The lowest BCUT2D eigenvalue weighted by molar-refractivity contribution is 0.0950. The van der Waals surface area contributed by atoms with Crippen molar-refractivity contribution in [3.05, 3.63) is 78.0 Å². The fourth-order valence-corrected chi connectivity index (χ4v) is 3.17. The highest BCUT2D eigenvalue weighted by Crippen LogP contribution is 2.29. The summed E-state index contributed by atoms with van der Waals surface area (Å²) in [6.07, 6.45) is 1.50. The largest absolute Gasteiger partial charge is 0.493 e. The van der Waals surface area contributed by atoms with Gasteiger partial charge in [-0.25, -0.2) is 5.43 Å². The number of benzene rings is 3. The van der Waals surface area contributed by atoms with Crippen molar-refractivity contribution in [2.24, 2.45) is 5.10 Å². The predicted molar refractivity (Wildman–Crippen MR) is 116 cm³/mol. The molecule has 0 spiro atoms. The maximum atomic E-state index is 12.4. The Kier molecular flexibility index (Phi) is 5.43. The van der Waals surface area contributed by atoms with E-state index in [9.17, 15) is 4.79 Å². The smallest absolute Gasteiger partial charge is 0.289 e. The zero-order valence-electron chi connectivity index (χ0n) is 16.5. The monoisotopic (exact) mass is 400 g/mol. The number of rotatable bonds is 6. The number of nitrogens with one attached hydrogen (secondary N) is 2. The van der Waals surface area contributed by atoms with Crippen LogP contribution < -0.4 is 14.9 Å². The minimum Gasteiger partial charge on any atom is -0.493 e. The van der Waals surface area contributed by atoms with E-state index >= 15 is 0 Å². The molecule has 4 aromatic rings. The zero-order valence-corrected chi connectivity index (χ0v) is 16.5. The molecule has 7 nitrogen and oxygen atoms in total. The minimum atomic E-state index is -0.396. The number of aromatic nitrogens is 2. The van der Waals surface area contributed by atoms with Gasteiger partial charge in [0.2, 0.25) is 0 Å². The van der Waals surface area contributed by atoms with E-state index in [0.29, 0.717) is 28.5 Å². The van der Waals surface area contributed by atoms with Crippen LogP contribution in [0.3, 0.4) is 0 Å². The van der Waals surface area contributed by atoms with E-state index in [2.05, 4.69) is 26.8 Å². The summed E-state index contributed by atoms with van der Waals surface area (Å²) in [6, 6.07) is 21.2. The van der Waals surface area contributed by atoms with Gasteiger partial charge in [-0.1, -0.05) is 42.5 Å². The quantitative estimate of drug-likeness (QED) is 0.378. The first-order chi connectivity index (χ1) is 14.7. The summed E-state index contributed by atoms with van der Waals surface area (Å²) in [5, 5.41) is 13.3. The van der Waals surface area contributed by atoms with E-state index in [1.807, 2.05) is 48.5 Å². The van der Waals surface area contributed by atoms with Gasteiger partial charge >= 0.3 is 0 Å². The van der Waals surface area contributed by atoms with Crippen molar-refractivity contribution in [1.82, 2.24) is 15.6 Å². The SMILES string of the molecule is COc1cccc(C=NNC(=O)c2cc(-c3ccc4ccccc4c3)n[nH]2)c1OC. The van der Waals surface area contributed by atoms with Gasteiger partial charge in [0.1, 0.15) is 5.69 Å². The lowest BCUT2D eigenvalue weighted by atomic mass is 10.1. The number of amides is 1. The van der Waals surface area contributed by atoms with Gasteiger partial charge in [-0.05, 0) is 35.0 Å². The normalized spacial score (nSPS) is 11.0. The molecule has 3 aromatic carbocycles. The van der Waals surface area contributed by atoms with Gasteiger partial charge in [-0.15, -0.1) is 0 Å². The average molecular weight is 400 g/mol. The fraction of sp³-hybridized carbons (Fsp3) is 0.0870. The number of nitrogens with zero attached hydrogens (tertiary/aromatic N) is 2. The molecule has 0 saturated carbocycles. The summed E-state index contributed by atoms with van der Waals surface area (Å²) in [7, 11) is 3.11. The Morgan fingerprint density at radius 2 is 1.83 bits per heavy atom. The van der Waals surface area contributed by atoms with Crippen molar-refractivity contribution in [3.8, 4) is 22.8 Å². The molecule has 7 heteroatoms. The van der Waals surface area contributed by atoms with Crippen LogP contribution in [0, 0.1) is 0 Å². The summed E-state index contributed by atoms with van der Waals surface area (Å²) >= 11 is 0. The van der Waals surface area contributed by atoms with Crippen LogP contribution in [0.15, 0.2) is 71.8 Å². The van der Waals surface area contributed by atoms with E-state index in [1.165, 1.54) is 6.21 Å². The maximum Gasteiger partial charge on any atom is 0.289 e. The van der Waals surface area contributed by atoms with Crippen LogP contribution in [0.4, 0.5) is 0 Å². The van der Waals surface area contributed by atoms with Crippen molar-refractivity contribution < 1.29 is 14.3 Å². The number of hydrogen-bond acceptors (Lipinski definition) is 5. The fourth-order valence-electron chi connectivity index (χ4n) is 3.17. The Balaban J connectivity index is 1.49. The van der Waals surface area contributed by atoms with Crippen molar-refractivity contribution >= 4 is 22.9 Å². The Morgan fingerprint density at radius 3 is 2.63 bits per heavy atom. The number of H-pyrrole nitrogens is 1. The molecule has 0 atom stereocenters. The highest BCUT2D eigenvalue weighted by Gasteiger charge is 2.11. The molecule has 150 valence electrons. The second-order valence-corrected chi connectivity index (χ2v) is 6.51. The van der Waals surface area contributed by atoms with Gasteiger partial charge < -0.3 is 9.47 Å². The molecule has 4 rings (SSSR count). The van der Waals surface area contributed by atoms with Gasteiger partial charge in [0, 0.05) is 11.1 Å². The van der Waals surface area contributed by atoms with Crippen LogP contribution in [0.1, 0.15) is 16.1 Å². The van der Waals surface area contributed by atoms with E-state index in [4.69, 9.17) is 9.47 Å². The highest BCUT2D eigenvalue weighted by atomic mass is 16.5. The first-order valence-electron chi connectivity index (χ1n) is 9.28. The Bertz CT molecular complexity index is 1230. The standard InChI is InChI=1S/C23H20N4O3/c1-29-21-9-5-8-18(22(21)30-2)14-24-27-23(28)20-13-19(25-26-20)17-11-10-15-6-3-4-7-16(15)12-17/h3-14H,1-2H3,(H,25,26)(H,27,28). The van der Waals surface area contributed by atoms with Crippen LogP contribution in [-0.4, -0.2) is 36.5 Å². The van der Waals surface area contributed by atoms with Crippen LogP contribution in [0.5, 0.6) is 11.5 Å². The summed E-state index contributed by atoms with van der Waals surface area (Å²) in [4.78, 5) is 12.4. The third kappa shape index (κ3) is 3.86. The van der Waals surface area contributed by atoms with Crippen LogP contribution in [-0.2, 0) is 0 Å². The number of fused-ring (bicyclic) bond motifs is 1. The number of hydrazone groups is 1. The predicted octanol–water partition coefficient (Wildman–Crippen LogP) is 4.01. The topological polar surface area (TPSA) is 88.6 Å². The van der Waals surface area contributed by atoms with E-state index < -0.39 is 5.91 Å². The van der Waals surface area contributed by atoms with Gasteiger partial charge in [-0.3, -0.25) is 9.89 Å². The van der Waals surface area contributed by atoms with Crippen molar-refractivity contribution in [2.45, 2.75) is 0 Å². The van der Waals surface area contributed by atoms with Crippen LogP contribution >= 0.6 is 0 Å². The molecule has 0 aliphatic rings. The molecule has 0 saturated heterocycles. The summed E-state index contributed by atoms with van der Waals surface area (Å²) in [5.74, 6) is 0.729.